The van der Waals surface area contributed by atoms with Gasteiger partial charge in [0, 0.05) is 43.6 Å². The summed E-state index contributed by atoms with van der Waals surface area (Å²) in [5, 5.41) is 4.46. The fraction of sp³-hybridized carbons (Fsp3) is 0.348. The molecule has 1 aliphatic heterocycles. The molecule has 0 saturated carbocycles. The third-order valence-corrected chi connectivity index (χ3v) is 5.55. The van der Waals surface area contributed by atoms with E-state index in [1.54, 1.807) is 17.0 Å². The minimum Gasteiger partial charge on any atom is -0.355 e. The zero-order valence-corrected chi connectivity index (χ0v) is 17.9. The number of carbonyl (C=O) groups excluding carboxylic acids is 1. The summed E-state index contributed by atoms with van der Waals surface area (Å²) in [6.45, 7) is 6.10. The van der Waals surface area contributed by atoms with Crippen LogP contribution in [0.5, 0.6) is 0 Å². The average molecular weight is 443 g/mol. The Morgan fingerprint density at radius 1 is 0.969 bits per heavy atom. The topological polar surface area (TPSA) is 54.3 Å². The summed E-state index contributed by atoms with van der Waals surface area (Å²) < 4.78 is 40.1. The average Bonchev–Trinajstić information content (AvgIpc) is 2.96. The lowest BCUT2D eigenvalue weighted by Crippen LogP contribution is -2.35. The number of anilines is 1. The van der Waals surface area contributed by atoms with Crippen molar-refractivity contribution in [1.29, 1.82) is 0 Å². The van der Waals surface area contributed by atoms with Gasteiger partial charge >= 0.3 is 6.18 Å². The van der Waals surface area contributed by atoms with Gasteiger partial charge in [-0.3, -0.25) is 4.79 Å². The molecule has 4 rings (SSSR count). The molecule has 3 aromatic rings. The number of carbonyl (C=O) groups is 1. The number of aromatic nitrogens is 3. The van der Waals surface area contributed by atoms with Crippen molar-refractivity contribution in [3.63, 3.8) is 0 Å². The van der Waals surface area contributed by atoms with E-state index in [-0.39, 0.29) is 5.91 Å². The van der Waals surface area contributed by atoms with Gasteiger partial charge in [-0.1, -0.05) is 0 Å². The molecule has 0 aliphatic carbocycles. The molecule has 6 nitrogen and oxygen atoms in total. The standard InChI is InChI=1S/C23H24F3N5O/c1-16-14-17(2)31(28-16)20-7-4-18(5-8-20)22(32)30-11-3-10-29(12-13-30)21-9-6-19(15-27-21)23(24,25)26/h4-9,14-15H,3,10-13H2,1-2H3. The van der Waals surface area contributed by atoms with Crippen LogP contribution < -0.4 is 4.90 Å². The number of hydrogen-bond acceptors (Lipinski definition) is 4. The van der Waals surface area contributed by atoms with Crippen LogP contribution in [0.15, 0.2) is 48.7 Å². The second-order valence-corrected chi connectivity index (χ2v) is 7.92. The minimum atomic E-state index is -4.40. The smallest absolute Gasteiger partial charge is 0.355 e. The number of benzene rings is 1. The number of alkyl halides is 3. The van der Waals surface area contributed by atoms with Crippen LogP contribution in [0.3, 0.4) is 0 Å². The van der Waals surface area contributed by atoms with Crippen molar-refractivity contribution in [2.45, 2.75) is 26.4 Å². The molecule has 2 aromatic heterocycles. The predicted octanol–water partition coefficient (Wildman–Crippen LogP) is 4.26. The van der Waals surface area contributed by atoms with Crippen molar-refractivity contribution >= 4 is 11.7 Å². The van der Waals surface area contributed by atoms with E-state index in [0.717, 1.165) is 29.3 Å². The zero-order chi connectivity index (χ0) is 22.9. The van der Waals surface area contributed by atoms with E-state index >= 15 is 0 Å². The lowest BCUT2D eigenvalue weighted by Gasteiger charge is -2.23. The van der Waals surface area contributed by atoms with Gasteiger partial charge in [-0.25, -0.2) is 9.67 Å². The number of rotatable bonds is 3. The summed E-state index contributed by atoms with van der Waals surface area (Å²) in [6, 6.07) is 11.8. The molecule has 3 heterocycles. The Labute approximate surface area is 184 Å². The fourth-order valence-corrected chi connectivity index (χ4v) is 3.91. The Morgan fingerprint density at radius 3 is 2.31 bits per heavy atom. The van der Waals surface area contributed by atoms with Crippen molar-refractivity contribution in [3.05, 3.63) is 71.2 Å². The second kappa shape index (κ2) is 8.64. The van der Waals surface area contributed by atoms with Crippen LogP contribution >= 0.6 is 0 Å². The van der Waals surface area contributed by atoms with E-state index < -0.39 is 11.7 Å². The highest BCUT2D eigenvalue weighted by Gasteiger charge is 2.31. The number of hydrogen-bond donors (Lipinski definition) is 0. The zero-order valence-electron chi connectivity index (χ0n) is 17.9. The lowest BCUT2D eigenvalue weighted by atomic mass is 10.1. The van der Waals surface area contributed by atoms with Crippen LogP contribution in [-0.4, -0.2) is 51.8 Å². The molecule has 0 atom stereocenters. The SMILES string of the molecule is Cc1cc(C)n(-c2ccc(C(=O)N3CCCN(c4ccc(C(F)(F)F)cn4)CC3)cc2)n1. The van der Waals surface area contributed by atoms with Crippen LogP contribution in [-0.2, 0) is 6.18 Å². The third-order valence-electron chi connectivity index (χ3n) is 5.55. The molecule has 0 N–H and O–H groups in total. The predicted molar refractivity (Wildman–Crippen MR) is 115 cm³/mol. The summed E-state index contributed by atoms with van der Waals surface area (Å²) in [5.74, 6) is 0.425. The van der Waals surface area contributed by atoms with Crippen LogP contribution in [0.1, 0.15) is 33.7 Å². The lowest BCUT2D eigenvalue weighted by molar-refractivity contribution is -0.137. The molecule has 168 valence electrons. The second-order valence-electron chi connectivity index (χ2n) is 7.92. The van der Waals surface area contributed by atoms with Crippen molar-refractivity contribution in [3.8, 4) is 5.69 Å². The molecule has 1 amide bonds. The van der Waals surface area contributed by atoms with E-state index in [1.807, 2.05) is 41.6 Å². The molecule has 32 heavy (non-hydrogen) atoms. The summed E-state index contributed by atoms with van der Waals surface area (Å²) in [5.41, 5.74) is 2.67. The summed E-state index contributed by atoms with van der Waals surface area (Å²) >= 11 is 0. The Morgan fingerprint density at radius 2 is 1.72 bits per heavy atom. The summed E-state index contributed by atoms with van der Waals surface area (Å²) in [7, 11) is 0. The Bertz CT molecular complexity index is 1090. The van der Waals surface area contributed by atoms with E-state index in [4.69, 9.17) is 0 Å². The van der Waals surface area contributed by atoms with Crippen molar-refractivity contribution in [2.24, 2.45) is 0 Å². The number of amides is 1. The summed E-state index contributed by atoms with van der Waals surface area (Å²) in [6.07, 6.45) is -2.84. The van der Waals surface area contributed by atoms with Crippen LogP contribution in [0.2, 0.25) is 0 Å². The molecule has 0 spiro atoms. The van der Waals surface area contributed by atoms with E-state index in [0.29, 0.717) is 44.0 Å². The highest BCUT2D eigenvalue weighted by atomic mass is 19.4. The number of pyridine rings is 1. The molecule has 0 radical (unpaired) electrons. The molecular weight excluding hydrogens is 419 g/mol. The molecular formula is C23H24F3N5O. The van der Waals surface area contributed by atoms with Crippen LogP contribution in [0.4, 0.5) is 19.0 Å². The van der Waals surface area contributed by atoms with E-state index in [9.17, 15) is 18.0 Å². The molecule has 9 heteroatoms. The number of nitrogens with zero attached hydrogens (tertiary/aromatic N) is 5. The largest absolute Gasteiger partial charge is 0.417 e. The maximum atomic E-state index is 13.0. The highest BCUT2D eigenvalue weighted by Crippen LogP contribution is 2.29. The first-order valence-electron chi connectivity index (χ1n) is 10.4. The maximum absolute atomic E-state index is 13.0. The van der Waals surface area contributed by atoms with E-state index in [1.165, 1.54) is 6.07 Å². The Balaban J connectivity index is 1.42. The quantitative estimate of drug-likeness (QED) is 0.607. The monoisotopic (exact) mass is 443 g/mol. The van der Waals surface area contributed by atoms with Gasteiger partial charge in [-0.15, -0.1) is 0 Å². The first kappa shape index (κ1) is 21.9. The van der Waals surface area contributed by atoms with Gasteiger partial charge in [-0.05, 0) is 62.7 Å². The van der Waals surface area contributed by atoms with Crippen molar-refractivity contribution < 1.29 is 18.0 Å². The highest BCUT2D eigenvalue weighted by molar-refractivity contribution is 5.94. The fourth-order valence-electron chi connectivity index (χ4n) is 3.91. The van der Waals surface area contributed by atoms with E-state index in [2.05, 4.69) is 10.1 Å². The van der Waals surface area contributed by atoms with Gasteiger partial charge in [0.15, 0.2) is 0 Å². The molecule has 0 bridgehead atoms. The van der Waals surface area contributed by atoms with Crippen molar-refractivity contribution in [2.75, 3.05) is 31.1 Å². The van der Waals surface area contributed by atoms with Gasteiger partial charge in [-0.2, -0.15) is 18.3 Å². The van der Waals surface area contributed by atoms with Gasteiger partial charge in [0.1, 0.15) is 5.82 Å². The molecule has 1 aromatic carbocycles. The molecule has 1 aliphatic rings. The first-order chi connectivity index (χ1) is 15.2. The molecule has 0 unspecified atom stereocenters. The number of halogens is 3. The third kappa shape index (κ3) is 4.61. The first-order valence-corrected chi connectivity index (χ1v) is 10.4. The minimum absolute atomic E-state index is 0.0628. The molecule has 1 saturated heterocycles. The molecule has 1 fully saturated rings. The van der Waals surface area contributed by atoms with Gasteiger partial charge < -0.3 is 9.80 Å². The Hall–Kier alpha value is -3.36. The van der Waals surface area contributed by atoms with Gasteiger partial charge in [0.25, 0.3) is 5.91 Å². The summed E-state index contributed by atoms with van der Waals surface area (Å²) in [4.78, 5) is 20.7. The maximum Gasteiger partial charge on any atom is 0.417 e. The van der Waals surface area contributed by atoms with Gasteiger partial charge in [0.2, 0.25) is 0 Å². The Kier molecular flexibility index (Phi) is 5.90. The van der Waals surface area contributed by atoms with Crippen LogP contribution in [0.25, 0.3) is 5.69 Å². The van der Waals surface area contributed by atoms with Crippen molar-refractivity contribution in [1.82, 2.24) is 19.7 Å². The normalized spacial score (nSPS) is 15.0. The van der Waals surface area contributed by atoms with Gasteiger partial charge in [0.05, 0.1) is 16.9 Å². The number of aryl methyl sites for hydroxylation is 2. The van der Waals surface area contributed by atoms with Crippen LogP contribution in [0, 0.1) is 13.8 Å².